The van der Waals surface area contributed by atoms with Crippen molar-refractivity contribution in [2.75, 3.05) is 18.9 Å². The van der Waals surface area contributed by atoms with Gasteiger partial charge in [-0.25, -0.2) is 9.97 Å². The molecule has 2 heterocycles. The maximum absolute atomic E-state index is 11.9. The van der Waals surface area contributed by atoms with Gasteiger partial charge in [0.15, 0.2) is 5.13 Å². The van der Waals surface area contributed by atoms with Crippen LogP contribution in [0.1, 0.15) is 5.01 Å². The molecule has 0 atom stereocenters. The smallest absolute Gasteiger partial charge is 0.240 e. The highest BCUT2D eigenvalue weighted by Gasteiger charge is 2.11. The molecule has 1 aromatic carbocycles. The average molecular weight is 318 g/mol. The minimum atomic E-state index is -0.0615. The molecule has 1 N–H and O–H groups in total. The van der Waals surface area contributed by atoms with Gasteiger partial charge in [0, 0.05) is 11.6 Å². The Hall–Kier alpha value is -1.83. The Morgan fingerprint density at radius 1 is 1.38 bits per heavy atom. The van der Waals surface area contributed by atoms with E-state index in [-0.39, 0.29) is 5.91 Å². The van der Waals surface area contributed by atoms with Gasteiger partial charge in [0.25, 0.3) is 0 Å². The molecule has 0 aliphatic rings. The number of fused-ring (bicyclic) bond motifs is 1. The Morgan fingerprint density at radius 3 is 3.00 bits per heavy atom. The number of amides is 1. The van der Waals surface area contributed by atoms with Crippen LogP contribution in [0.4, 0.5) is 5.13 Å². The molecule has 0 saturated heterocycles. The van der Waals surface area contributed by atoms with Gasteiger partial charge >= 0.3 is 0 Å². The van der Waals surface area contributed by atoms with Crippen molar-refractivity contribution in [2.45, 2.75) is 6.54 Å². The third-order valence-corrected chi connectivity index (χ3v) is 4.55. The highest BCUT2D eigenvalue weighted by atomic mass is 32.1. The van der Waals surface area contributed by atoms with E-state index in [1.54, 1.807) is 17.5 Å². The first-order valence-corrected chi connectivity index (χ1v) is 8.12. The van der Waals surface area contributed by atoms with Crippen LogP contribution in [0.2, 0.25) is 0 Å². The number of para-hydroxylation sites is 1. The quantitative estimate of drug-likeness (QED) is 0.786. The maximum Gasteiger partial charge on any atom is 0.240 e. The molecule has 0 unspecified atom stereocenters. The summed E-state index contributed by atoms with van der Waals surface area (Å²) in [5.41, 5.74) is 1.01. The van der Waals surface area contributed by atoms with Crippen molar-refractivity contribution in [3.05, 3.63) is 40.8 Å². The van der Waals surface area contributed by atoms with Crippen LogP contribution in [0.15, 0.2) is 35.8 Å². The second kappa shape index (κ2) is 6.30. The van der Waals surface area contributed by atoms with Crippen LogP contribution in [-0.4, -0.2) is 34.4 Å². The van der Waals surface area contributed by atoms with Gasteiger partial charge < -0.3 is 5.32 Å². The van der Waals surface area contributed by atoms with Gasteiger partial charge in [0.1, 0.15) is 5.01 Å². The molecule has 0 radical (unpaired) electrons. The molecule has 1 amide bonds. The minimum Gasteiger partial charge on any atom is -0.301 e. The Bertz CT molecular complexity index is 705. The molecule has 2 aromatic heterocycles. The number of anilines is 1. The number of nitrogens with one attached hydrogen (secondary N) is 1. The third-order valence-electron chi connectivity index (χ3n) is 2.84. The second-order valence-corrected chi connectivity index (χ2v) is 6.64. The SMILES string of the molecule is CN(CC(=O)Nc1nccs1)Cc1nc2ccccc2s1. The van der Waals surface area contributed by atoms with Crippen molar-refractivity contribution < 1.29 is 4.79 Å². The third kappa shape index (κ3) is 3.63. The Labute approximate surface area is 130 Å². The fraction of sp³-hybridized carbons (Fsp3) is 0.214. The summed E-state index contributed by atoms with van der Waals surface area (Å²) in [7, 11) is 1.91. The number of nitrogens with zero attached hydrogens (tertiary/aromatic N) is 3. The number of benzene rings is 1. The number of hydrogen-bond donors (Lipinski definition) is 1. The van der Waals surface area contributed by atoms with Crippen molar-refractivity contribution in [1.82, 2.24) is 14.9 Å². The van der Waals surface area contributed by atoms with Crippen molar-refractivity contribution >= 4 is 43.9 Å². The van der Waals surface area contributed by atoms with Gasteiger partial charge in [0.2, 0.25) is 5.91 Å². The van der Waals surface area contributed by atoms with E-state index in [4.69, 9.17) is 0 Å². The van der Waals surface area contributed by atoms with Gasteiger partial charge in [-0.15, -0.1) is 22.7 Å². The number of aromatic nitrogens is 2. The molecular formula is C14H14N4OS2. The lowest BCUT2D eigenvalue weighted by atomic mass is 10.3. The summed E-state index contributed by atoms with van der Waals surface area (Å²) in [4.78, 5) is 22.4. The molecule has 3 rings (SSSR count). The molecule has 5 nitrogen and oxygen atoms in total. The first kappa shape index (κ1) is 14.1. The number of carbonyl (C=O) groups is 1. The zero-order valence-corrected chi connectivity index (χ0v) is 13.1. The van der Waals surface area contributed by atoms with Crippen LogP contribution in [0.5, 0.6) is 0 Å². The number of carbonyl (C=O) groups excluding carboxylic acids is 1. The van der Waals surface area contributed by atoms with E-state index in [1.165, 1.54) is 16.0 Å². The van der Waals surface area contributed by atoms with Crippen molar-refractivity contribution in [3.63, 3.8) is 0 Å². The van der Waals surface area contributed by atoms with E-state index in [2.05, 4.69) is 21.4 Å². The molecule has 21 heavy (non-hydrogen) atoms. The van der Waals surface area contributed by atoms with Crippen LogP contribution in [0, 0.1) is 0 Å². The summed E-state index contributed by atoms with van der Waals surface area (Å²) in [5.74, 6) is -0.0615. The van der Waals surface area contributed by atoms with Gasteiger partial charge in [-0.05, 0) is 19.2 Å². The number of likely N-dealkylation sites (N-methyl/N-ethyl adjacent to an activating group) is 1. The van der Waals surface area contributed by atoms with Crippen molar-refractivity contribution in [2.24, 2.45) is 0 Å². The lowest BCUT2D eigenvalue weighted by molar-refractivity contribution is -0.117. The molecule has 0 spiro atoms. The second-order valence-electron chi connectivity index (χ2n) is 4.63. The van der Waals surface area contributed by atoms with Crippen molar-refractivity contribution in [1.29, 1.82) is 0 Å². The molecule has 0 saturated carbocycles. The molecular weight excluding hydrogens is 304 g/mol. The zero-order valence-electron chi connectivity index (χ0n) is 11.4. The largest absolute Gasteiger partial charge is 0.301 e. The van der Waals surface area contributed by atoms with E-state index in [0.717, 1.165) is 10.5 Å². The number of thiazole rings is 2. The molecule has 0 bridgehead atoms. The number of hydrogen-bond acceptors (Lipinski definition) is 6. The Morgan fingerprint density at radius 2 is 2.24 bits per heavy atom. The molecule has 3 aromatic rings. The standard InChI is InChI=1S/C14H14N4OS2/c1-18(8-12(19)17-14-15-6-7-20-14)9-13-16-10-4-2-3-5-11(10)21-13/h2-7H,8-9H2,1H3,(H,15,17,19). The average Bonchev–Trinajstić information content (AvgIpc) is 3.06. The summed E-state index contributed by atoms with van der Waals surface area (Å²) >= 11 is 3.08. The lowest BCUT2D eigenvalue weighted by Crippen LogP contribution is -2.29. The summed E-state index contributed by atoms with van der Waals surface area (Å²) in [6.45, 7) is 0.972. The van der Waals surface area contributed by atoms with Crippen molar-refractivity contribution in [3.8, 4) is 0 Å². The van der Waals surface area contributed by atoms with E-state index in [9.17, 15) is 4.79 Å². The summed E-state index contributed by atoms with van der Waals surface area (Å²) in [6.07, 6.45) is 1.67. The molecule has 7 heteroatoms. The van der Waals surface area contributed by atoms with Crippen LogP contribution < -0.4 is 5.32 Å². The van der Waals surface area contributed by atoms with Gasteiger partial charge in [0.05, 0.1) is 23.3 Å². The predicted molar refractivity (Wildman–Crippen MR) is 86.7 cm³/mol. The molecule has 0 fully saturated rings. The Balaban J connectivity index is 1.58. The van der Waals surface area contributed by atoms with Gasteiger partial charge in [-0.2, -0.15) is 0 Å². The lowest BCUT2D eigenvalue weighted by Gasteiger charge is -2.13. The van der Waals surface area contributed by atoms with E-state index in [0.29, 0.717) is 18.2 Å². The molecule has 0 aliphatic carbocycles. The first-order valence-electron chi connectivity index (χ1n) is 6.43. The van der Waals surface area contributed by atoms with Gasteiger partial charge in [-0.3, -0.25) is 9.69 Å². The summed E-state index contributed by atoms with van der Waals surface area (Å²) in [6, 6.07) is 8.06. The zero-order chi connectivity index (χ0) is 14.7. The highest BCUT2D eigenvalue weighted by Crippen LogP contribution is 2.22. The van der Waals surface area contributed by atoms with E-state index in [1.807, 2.05) is 35.5 Å². The van der Waals surface area contributed by atoms with Crippen LogP contribution in [0.25, 0.3) is 10.2 Å². The normalized spacial score (nSPS) is 11.1. The van der Waals surface area contributed by atoms with Crippen LogP contribution >= 0.6 is 22.7 Å². The maximum atomic E-state index is 11.9. The topological polar surface area (TPSA) is 58.1 Å². The molecule has 108 valence electrons. The highest BCUT2D eigenvalue weighted by molar-refractivity contribution is 7.18. The fourth-order valence-electron chi connectivity index (χ4n) is 1.96. The summed E-state index contributed by atoms with van der Waals surface area (Å²) < 4.78 is 1.17. The van der Waals surface area contributed by atoms with E-state index >= 15 is 0 Å². The van der Waals surface area contributed by atoms with Crippen LogP contribution in [0.3, 0.4) is 0 Å². The summed E-state index contributed by atoms with van der Waals surface area (Å²) in [5, 5.41) is 6.26. The molecule has 0 aliphatic heterocycles. The number of rotatable bonds is 5. The fourth-order valence-corrected chi connectivity index (χ4v) is 3.56. The first-order chi connectivity index (χ1) is 10.2. The van der Waals surface area contributed by atoms with Crippen LogP contribution in [-0.2, 0) is 11.3 Å². The minimum absolute atomic E-state index is 0.0615. The monoisotopic (exact) mass is 318 g/mol. The van der Waals surface area contributed by atoms with Gasteiger partial charge in [-0.1, -0.05) is 12.1 Å². The Kier molecular flexibility index (Phi) is 4.23. The van der Waals surface area contributed by atoms with E-state index < -0.39 is 0 Å². The predicted octanol–water partition coefficient (Wildman–Crippen LogP) is 2.82.